The summed E-state index contributed by atoms with van der Waals surface area (Å²) in [6.45, 7) is 0.930. The molecule has 18 heavy (non-hydrogen) atoms. The van der Waals surface area contributed by atoms with Crippen LogP contribution in [0.15, 0.2) is 42.9 Å². The number of likely N-dealkylation sites (N-methyl/N-ethyl adjacent to an activating group) is 1. The number of nitrogens with zero attached hydrogens (tertiary/aromatic N) is 3. The second kappa shape index (κ2) is 6.12. The number of rotatable bonds is 5. The summed E-state index contributed by atoms with van der Waals surface area (Å²) in [6, 6.07) is 7.77. The Balaban J connectivity index is 1.97. The molecule has 0 radical (unpaired) electrons. The van der Waals surface area contributed by atoms with Crippen LogP contribution in [0.3, 0.4) is 0 Å². The van der Waals surface area contributed by atoms with E-state index in [1.54, 1.807) is 18.6 Å². The second-order valence-corrected chi connectivity index (χ2v) is 4.21. The third kappa shape index (κ3) is 3.28. The Kier molecular flexibility index (Phi) is 4.25. The monoisotopic (exact) mass is 243 g/mol. The van der Waals surface area contributed by atoms with Crippen molar-refractivity contribution in [2.24, 2.45) is 0 Å². The van der Waals surface area contributed by atoms with E-state index < -0.39 is 0 Å². The highest BCUT2D eigenvalue weighted by molar-refractivity contribution is 5.40. The zero-order valence-electron chi connectivity index (χ0n) is 10.5. The van der Waals surface area contributed by atoms with Gasteiger partial charge < -0.3 is 10.0 Å². The van der Waals surface area contributed by atoms with E-state index in [4.69, 9.17) is 5.11 Å². The van der Waals surface area contributed by atoms with Crippen LogP contribution >= 0.6 is 0 Å². The number of hydrogen-bond acceptors (Lipinski definition) is 4. The minimum Gasteiger partial charge on any atom is -0.392 e. The van der Waals surface area contributed by atoms with Crippen LogP contribution in [0.2, 0.25) is 0 Å². The SMILES string of the molecule is CN(CCc1ccncc1)c1cc(CO)ccn1. The Hall–Kier alpha value is -1.94. The van der Waals surface area contributed by atoms with Gasteiger partial charge in [0.1, 0.15) is 5.82 Å². The van der Waals surface area contributed by atoms with Crippen LogP contribution in [-0.2, 0) is 13.0 Å². The topological polar surface area (TPSA) is 49.2 Å². The van der Waals surface area contributed by atoms with Crippen molar-refractivity contribution in [2.45, 2.75) is 13.0 Å². The lowest BCUT2D eigenvalue weighted by molar-refractivity contribution is 0.281. The molecule has 0 spiro atoms. The summed E-state index contributed by atoms with van der Waals surface area (Å²) < 4.78 is 0. The third-order valence-electron chi connectivity index (χ3n) is 2.87. The normalized spacial score (nSPS) is 10.3. The van der Waals surface area contributed by atoms with Gasteiger partial charge in [-0.15, -0.1) is 0 Å². The molecule has 0 aromatic carbocycles. The molecule has 4 nitrogen and oxygen atoms in total. The van der Waals surface area contributed by atoms with Gasteiger partial charge in [-0.3, -0.25) is 4.98 Å². The zero-order valence-corrected chi connectivity index (χ0v) is 10.5. The molecule has 0 saturated carbocycles. The molecule has 0 aliphatic rings. The largest absolute Gasteiger partial charge is 0.392 e. The summed E-state index contributed by atoms with van der Waals surface area (Å²) in [5.74, 6) is 0.885. The van der Waals surface area contributed by atoms with Crippen molar-refractivity contribution < 1.29 is 5.11 Å². The Labute approximate surface area is 107 Å². The average molecular weight is 243 g/mol. The van der Waals surface area contributed by atoms with E-state index in [1.165, 1.54) is 5.56 Å². The summed E-state index contributed by atoms with van der Waals surface area (Å²) in [5, 5.41) is 9.10. The van der Waals surface area contributed by atoms with Crippen molar-refractivity contribution in [3.8, 4) is 0 Å². The van der Waals surface area contributed by atoms with Gasteiger partial charge in [0.2, 0.25) is 0 Å². The van der Waals surface area contributed by atoms with Crippen LogP contribution in [0.4, 0.5) is 5.82 Å². The van der Waals surface area contributed by atoms with E-state index in [1.807, 2.05) is 31.3 Å². The smallest absolute Gasteiger partial charge is 0.128 e. The Morgan fingerprint density at radius 3 is 2.56 bits per heavy atom. The molecular weight excluding hydrogens is 226 g/mol. The molecule has 2 aromatic rings. The first-order valence-corrected chi connectivity index (χ1v) is 5.95. The first-order chi connectivity index (χ1) is 8.79. The van der Waals surface area contributed by atoms with Gasteiger partial charge in [0.05, 0.1) is 6.61 Å². The Bertz CT molecular complexity index is 487. The van der Waals surface area contributed by atoms with Gasteiger partial charge in [0, 0.05) is 32.2 Å². The fourth-order valence-corrected chi connectivity index (χ4v) is 1.73. The van der Waals surface area contributed by atoms with E-state index in [0.717, 1.165) is 24.3 Å². The molecule has 0 aliphatic carbocycles. The highest BCUT2D eigenvalue weighted by Gasteiger charge is 2.03. The van der Waals surface area contributed by atoms with Gasteiger partial charge in [-0.25, -0.2) is 4.98 Å². The van der Waals surface area contributed by atoms with Gasteiger partial charge in [-0.1, -0.05) is 0 Å². The van der Waals surface area contributed by atoms with Crippen LogP contribution in [0, 0.1) is 0 Å². The molecule has 4 heteroatoms. The van der Waals surface area contributed by atoms with Crippen LogP contribution in [0.5, 0.6) is 0 Å². The summed E-state index contributed by atoms with van der Waals surface area (Å²) in [4.78, 5) is 10.4. The highest BCUT2D eigenvalue weighted by atomic mass is 16.3. The number of aliphatic hydroxyl groups excluding tert-OH is 1. The molecule has 94 valence electrons. The Morgan fingerprint density at radius 2 is 1.83 bits per heavy atom. The number of hydrogen-bond donors (Lipinski definition) is 1. The van der Waals surface area contributed by atoms with Crippen molar-refractivity contribution in [1.29, 1.82) is 0 Å². The van der Waals surface area contributed by atoms with Crippen molar-refractivity contribution in [3.05, 3.63) is 54.0 Å². The van der Waals surface area contributed by atoms with E-state index in [2.05, 4.69) is 14.9 Å². The lowest BCUT2D eigenvalue weighted by atomic mass is 10.2. The fourth-order valence-electron chi connectivity index (χ4n) is 1.73. The molecule has 0 bridgehead atoms. The van der Waals surface area contributed by atoms with Gasteiger partial charge >= 0.3 is 0 Å². The Morgan fingerprint density at radius 1 is 1.11 bits per heavy atom. The van der Waals surface area contributed by atoms with Crippen LogP contribution in [0.25, 0.3) is 0 Å². The predicted octanol–water partition coefficient (Wildman–Crippen LogP) is 1.65. The van der Waals surface area contributed by atoms with Crippen molar-refractivity contribution in [3.63, 3.8) is 0 Å². The molecule has 2 heterocycles. The lowest BCUT2D eigenvalue weighted by Gasteiger charge is -2.18. The molecule has 0 atom stereocenters. The molecule has 0 fully saturated rings. The number of pyridine rings is 2. The van der Waals surface area contributed by atoms with Gasteiger partial charge in [0.15, 0.2) is 0 Å². The minimum atomic E-state index is 0.0493. The molecule has 1 N–H and O–H groups in total. The summed E-state index contributed by atoms with van der Waals surface area (Å²) in [6.07, 6.45) is 6.29. The van der Waals surface area contributed by atoms with E-state index in [0.29, 0.717) is 0 Å². The first-order valence-electron chi connectivity index (χ1n) is 5.95. The first kappa shape index (κ1) is 12.5. The lowest BCUT2D eigenvalue weighted by Crippen LogP contribution is -2.21. The quantitative estimate of drug-likeness (QED) is 0.867. The van der Waals surface area contributed by atoms with Crippen molar-refractivity contribution in [1.82, 2.24) is 9.97 Å². The van der Waals surface area contributed by atoms with Gasteiger partial charge in [-0.05, 0) is 41.8 Å². The molecule has 2 aromatic heterocycles. The van der Waals surface area contributed by atoms with Crippen LogP contribution in [-0.4, -0.2) is 28.7 Å². The summed E-state index contributed by atoms with van der Waals surface area (Å²) >= 11 is 0. The van der Waals surface area contributed by atoms with Gasteiger partial charge in [0.25, 0.3) is 0 Å². The summed E-state index contributed by atoms with van der Waals surface area (Å²) in [5.41, 5.74) is 2.14. The average Bonchev–Trinajstić information content (AvgIpc) is 2.46. The third-order valence-corrected chi connectivity index (χ3v) is 2.87. The van der Waals surface area contributed by atoms with E-state index in [9.17, 15) is 0 Å². The maximum absolute atomic E-state index is 9.10. The maximum Gasteiger partial charge on any atom is 0.128 e. The van der Waals surface area contributed by atoms with E-state index >= 15 is 0 Å². The minimum absolute atomic E-state index is 0.0493. The molecule has 0 amide bonds. The predicted molar refractivity (Wildman–Crippen MR) is 71.4 cm³/mol. The molecule has 0 unspecified atom stereocenters. The van der Waals surface area contributed by atoms with Gasteiger partial charge in [-0.2, -0.15) is 0 Å². The van der Waals surface area contributed by atoms with Crippen molar-refractivity contribution >= 4 is 5.82 Å². The highest BCUT2D eigenvalue weighted by Crippen LogP contribution is 2.11. The van der Waals surface area contributed by atoms with Crippen molar-refractivity contribution in [2.75, 3.05) is 18.5 Å². The number of aliphatic hydroxyl groups is 1. The van der Waals surface area contributed by atoms with E-state index in [-0.39, 0.29) is 6.61 Å². The van der Waals surface area contributed by atoms with Crippen LogP contribution in [0.1, 0.15) is 11.1 Å². The fraction of sp³-hybridized carbons (Fsp3) is 0.286. The zero-order chi connectivity index (χ0) is 12.8. The standard InChI is InChI=1S/C14H17N3O/c1-17(9-5-12-2-6-15-7-3-12)14-10-13(11-18)4-8-16-14/h2-4,6-8,10,18H,5,9,11H2,1H3. The summed E-state index contributed by atoms with van der Waals surface area (Å²) in [7, 11) is 2.00. The second-order valence-electron chi connectivity index (χ2n) is 4.21. The molecular formula is C14H17N3O. The molecule has 2 rings (SSSR count). The number of aromatic nitrogens is 2. The molecule has 0 saturated heterocycles. The maximum atomic E-state index is 9.10. The number of anilines is 1. The van der Waals surface area contributed by atoms with Crippen LogP contribution < -0.4 is 4.90 Å². The molecule has 0 aliphatic heterocycles.